The Morgan fingerprint density at radius 2 is 1.89 bits per heavy atom. The summed E-state index contributed by atoms with van der Waals surface area (Å²) in [5, 5.41) is 3.73. The Morgan fingerprint density at radius 1 is 1.11 bits per heavy atom. The minimum Gasteiger partial charge on any atom is -0.337 e. The highest BCUT2D eigenvalue weighted by molar-refractivity contribution is 7.00. The van der Waals surface area contributed by atoms with Gasteiger partial charge in [-0.25, -0.2) is 4.98 Å². The first-order chi connectivity index (χ1) is 9.15. The number of pyridine rings is 1. The topological polar surface area (TPSA) is 50.7 Å². The van der Waals surface area contributed by atoms with Crippen molar-refractivity contribution >= 4 is 57.5 Å². The van der Waals surface area contributed by atoms with E-state index in [-0.39, 0.29) is 0 Å². The molecular weight excluding hydrogens is 310 g/mol. The zero-order chi connectivity index (χ0) is 13.4. The van der Waals surface area contributed by atoms with Crippen LogP contribution in [0.4, 0.5) is 15.9 Å². The van der Waals surface area contributed by atoms with Gasteiger partial charge in [0.1, 0.15) is 16.9 Å². The minimum absolute atomic E-state index is 0.332. The molecule has 0 aliphatic rings. The summed E-state index contributed by atoms with van der Waals surface area (Å²) in [6.45, 7) is 0. The molecule has 2 aromatic heterocycles. The number of hydrogen-bond donors (Lipinski definition) is 1. The molecule has 0 unspecified atom stereocenters. The maximum absolute atomic E-state index is 13.1. The quantitative estimate of drug-likeness (QED) is 0.717. The fraction of sp³-hybridized carbons (Fsp3) is 0. The second kappa shape index (κ2) is 4.88. The fourth-order valence-corrected chi connectivity index (χ4v) is 2.76. The Balaban J connectivity index is 2.12. The van der Waals surface area contributed by atoms with Crippen LogP contribution < -0.4 is 5.32 Å². The average Bonchev–Trinajstić information content (AvgIpc) is 2.84. The van der Waals surface area contributed by atoms with Gasteiger partial charge in [0.2, 0.25) is 5.95 Å². The van der Waals surface area contributed by atoms with Gasteiger partial charge in [-0.05, 0) is 18.2 Å². The van der Waals surface area contributed by atoms with E-state index < -0.39 is 5.95 Å². The molecular formula is C11H5Cl2FN4S. The van der Waals surface area contributed by atoms with Crippen molar-refractivity contribution in [3.8, 4) is 0 Å². The highest BCUT2D eigenvalue weighted by atomic mass is 35.5. The number of halogens is 3. The summed E-state index contributed by atoms with van der Waals surface area (Å²) >= 11 is 13.2. The van der Waals surface area contributed by atoms with Gasteiger partial charge in [-0.2, -0.15) is 13.1 Å². The van der Waals surface area contributed by atoms with Gasteiger partial charge in [0.25, 0.3) is 0 Å². The molecule has 1 aromatic carbocycles. The lowest BCUT2D eigenvalue weighted by Crippen LogP contribution is -1.97. The number of benzene rings is 1. The van der Waals surface area contributed by atoms with E-state index in [4.69, 9.17) is 23.2 Å². The SMILES string of the molecule is Fc1cccc(Nc2c(Cl)cc(Cl)c3nsnc23)n1. The molecule has 4 nitrogen and oxygen atoms in total. The summed E-state index contributed by atoms with van der Waals surface area (Å²) in [7, 11) is 0. The van der Waals surface area contributed by atoms with Crippen LogP contribution in [0.15, 0.2) is 24.3 Å². The first-order valence-corrected chi connectivity index (χ1v) is 6.63. The van der Waals surface area contributed by atoms with Crippen molar-refractivity contribution < 1.29 is 4.39 Å². The van der Waals surface area contributed by atoms with Crippen LogP contribution in [-0.2, 0) is 0 Å². The number of hydrogen-bond acceptors (Lipinski definition) is 5. The third-order valence-electron chi connectivity index (χ3n) is 2.41. The Labute approximate surface area is 121 Å². The minimum atomic E-state index is -0.581. The molecule has 0 aliphatic heterocycles. The molecule has 96 valence electrons. The molecule has 0 radical (unpaired) electrons. The van der Waals surface area contributed by atoms with Crippen LogP contribution >= 0.6 is 34.9 Å². The first kappa shape index (κ1) is 12.5. The Morgan fingerprint density at radius 3 is 2.68 bits per heavy atom. The normalized spacial score (nSPS) is 10.9. The molecule has 0 aliphatic carbocycles. The molecule has 3 rings (SSSR count). The lowest BCUT2D eigenvalue weighted by atomic mass is 10.2. The largest absolute Gasteiger partial charge is 0.337 e. The standard InChI is InChI=1S/C11H5Cl2FN4S/c12-5-4-6(13)10-11(18-19-17-10)9(5)16-8-3-1-2-7(14)15-8/h1-4H,(H,15,16). The van der Waals surface area contributed by atoms with Crippen LogP contribution in [0.25, 0.3) is 11.0 Å². The average molecular weight is 315 g/mol. The third-order valence-corrected chi connectivity index (χ3v) is 3.53. The van der Waals surface area contributed by atoms with E-state index in [0.29, 0.717) is 32.6 Å². The highest BCUT2D eigenvalue weighted by Gasteiger charge is 2.14. The number of rotatable bonds is 2. The molecule has 19 heavy (non-hydrogen) atoms. The molecule has 8 heteroatoms. The fourth-order valence-electron chi connectivity index (χ4n) is 1.60. The van der Waals surface area contributed by atoms with Crippen LogP contribution in [-0.4, -0.2) is 13.7 Å². The van der Waals surface area contributed by atoms with E-state index in [1.165, 1.54) is 6.07 Å². The Bertz CT molecular complexity index is 762. The summed E-state index contributed by atoms with van der Waals surface area (Å²) in [6, 6.07) is 5.99. The van der Waals surface area contributed by atoms with Crippen molar-refractivity contribution in [1.29, 1.82) is 0 Å². The summed E-state index contributed by atoms with van der Waals surface area (Å²) in [5.74, 6) is -0.249. The lowest BCUT2D eigenvalue weighted by molar-refractivity contribution is 0.585. The second-order valence-electron chi connectivity index (χ2n) is 3.65. The van der Waals surface area contributed by atoms with Gasteiger partial charge < -0.3 is 5.32 Å². The summed E-state index contributed by atoms with van der Waals surface area (Å²) in [6.07, 6.45) is 0. The highest BCUT2D eigenvalue weighted by Crippen LogP contribution is 2.36. The predicted octanol–water partition coefficient (Wildman–Crippen LogP) is 4.28. The molecule has 0 bridgehead atoms. The van der Waals surface area contributed by atoms with Gasteiger partial charge in [0, 0.05) is 0 Å². The molecule has 0 atom stereocenters. The van der Waals surface area contributed by atoms with E-state index in [0.717, 1.165) is 11.7 Å². The summed E-state index contributed by atoms with van der Waals surface area (Å²) in [4.78, 5) is 3.71. The molecule has 0 amide bonds. The van der Waals surface area contributed by atoms with Crippen molar-refractivity contribution in [2.75, 3.05) is 5.32 Å². The van der Waals surface area contributed by atoms with E-state index in [1.807, 2.05) is 0 Å². The number of nitrogens with one attached hydrogen (secondary N) is 1. The van der Waals surface area contributed by atoms with Gasteiger partial charge >= 0.3 is 0 Å². The second-order valence-corrected chi connectivity index (χ2v) is 4.99. The van der Waals surface area contributed by atoms with Gasteiger partial charge in [-0.3, -0.25) is 0 Å². The maximum Gasteiger partial charge on any atom is 0.214 e. The molecule has 0 fully saturated rings. The molecule has 3 aromatic rings. The molecule has 0 spiro atoms. The van der Waals surface area contributed by atoms with E-state index >= 15 is 0 Å². The number of fused-ring (bicyclic) bond motifs is 1. The van der Waals surface area contributed by atoms with Gasteiger partial charge in [0.05, 0.1) is 27.5 Å². The Kier molecular flexibility index (Phi) is 3.22. The van der Waals surface area contributed by atoms with Gasteiger partial charge in [0.15, 0.2) is 0 Å². The van der Waals surface area contributed by atoms with Crippen molar-refractivity contribution in [3.63, 3.8) is 0 Å². The Hall–Kier alpha value is -1.50. The smallest absolute Gasteiger partial charge is 0.214 e. The van der Waals surface area contributed by atoms with Crippen LogP contribution in [0.2, 0.25) is 10.0 Å². The van der Waals surface area contributed by atoms with E-state index in [9.17, 15) is 4.39 Å². The monoisotopic (exact) mass is 314 g/mol. The van der Waals surface area contributed by atoms with Gasteiger partial charge in [-0.1, -0.05) is 29.3 Å². The van der Waals surface area contributed by atoms with Crippen LogP contribution in [0.5, 0.6) is 0 Å². The van der Waals surface area contributed by atoms with Crippen molar-refractivity contribution in [2.24, 2.45) is 0 Å². The van der Waals surface area contributed by atoms with Crippen molar-refractivity contribution in [3.05, 3.63) is 40.3 Å². The number of nitrogens with zero attached hydrogens (tertiary/aromatic N) is 3. The van der Waals surface area contributed by atoms with Crippen LogP contribution in [0, 0.1) is 5.95 Å². The molecule has 2 heterocycles. The number of aromatic nitrogens is 3. The lowest BCUT2D eigenvalue weighted by Gasteiger charge is -2.08. The first-order valence-electron chi connectivity index (χ1n) is 5.15. The number of anilines is 2. The molecule has 0 saturated carbocycles. The molecule has 1 N–H and O–H groups in total. The zero-order valence-electron chi connectivity index (χ0n) is 9.19. The third kappa shape index (κ3) is 2.34. The zero-order valence-corrected chi connectivity index (χ0v) is 11.5. The van der Waals surface area contributed by atoms with Gasteiger partial charge in [-0.15, -0.1) is 0 Å². The summed E-state index contributed by atoms with van der Waals surface area (Å²) < 4.78 is 21.3. The van der Waals surface area contributed by atoms with Crippen LogP contribution in [0.1, 0.15) is 0 Å². The summed E-state index contributed by atoms with van der Waals surface area (Å²) in [5.41, 5.74) is 1.59. The van der Waals surface area contributed by atoms with E-state index in [2.05, 4.69) is 19.0 Å². The van der Waals surface area contributed by atoms with Crippen LogP contribution in [0.3, 0.4) is 0 Å². The van der Waals surface area contributed by atoms with Crippen molar-refractivity contribution in [1.82, 2.24) is 13.7 Å². The van der Waals surface area contributed by atoms with E-state index in [1.54, 1.807) is 18.2 Å². The van der Waals surface area contributed by atoms with Crippen molar-refractivity contribution in [2.45, 2.75) is 0 Å². The maximum atomic E-state index is 13.1. The predicted molar refractivity (Wildman–Crippen MR) is 74.9 cm³/mol. The molecule has 0 saturated heterocycles.